The monoisotopic (exact) mass is 481 g/mol. The van der Waals surface area contributed by atoms with Crippen LogP contribution in [0.3, 0.4) is 0 Å². The van der Waals surface area contributed by atoms with Gasteiger partial charge in [0, 0.05) is 17.1 Å². The van der Waals surface area contributed by atoms with Crippen molar-refractivity contribution in [1.82, 2.24) is 9.73 Å². The predicted molar refractivity (Wildman–Crippen MR) is 117 cm³/mol. The maximum Gasteiger partial charge on any atom is 0.255 e. The second-order valence-electron chi connectivity index (χ2n) is 6.67. The first-order valence-electron chi connectivity index (χ1n) is 8.76. The number of rotatable bonds is 7. The fraction of sp³-hybridized carbons (Fsp3) is 0.300. The summed E-state index contributed by atoms with van der Waals surface area (Å²) in [6.45, 7) is 5.04. The van der Waals surface area contributed by atoms with Crippen molar-refractivity contribution in [3.05, 3.63) is 57.1 Å². The fourth-order valence-corrected chi connectivity index (χ4v) is 4.94. The molecule has 2 aromatic carbocycles. The minimum absolute atomic E-state index is 0.223. The number of ether oxygens (including phenoxy) is 1. The number of nitrogens with zero attached hydrogens (tertiary/aromatic N) is 2. The van der Waals surface area contributed by atoms with Gasteiger partial charge in [-0.3, -0.25) is 4.79 Å². The molecule has 1 amide bonds. The lowest BCUT2D eigenvalue weighted by molar-refractivity contribution is -0.121. The summed E-state index contributed by atoms with van der Waals surface area (Å²) in [5.74, 6) is 0.0416. The van der Waals surface area contributed by atoms with Gasteiger partial charge in [-0.15, -0.1) is 0 Å². The number of sulfonamides is 1. The molecule has 0 aliphatic carbocycles. The average molecular weight is 482 g/mol. The number of hydrazone groups is 1. The quantitative estimate of drug-likeness (QED) is 0.485. The third-order valence-electron chi connectivity index (χ3n) is 4.22. The Bertz CT molecular complexity index is 1030. The molecule has 2 aromatic rings. The lowest BCUT2D eigenvalue weighted by Crippen LogP contribution is -2.37. The number of benzene rings is 2. The minimum atomic E-state index is -3.81. The lowest BCUT2D eigenvalue weighted by atomic mass is 10.1. The van der Waals surface area contributed by atoms with Crippen LogP contribution in [0.2, 0.25) is 0 Å². The van der Waals surface area contributed by atoms with Gasteiger partial charge in [-0.25, -0.2) is 13.8 Å². The van der Waals surface area contributed by atoms with E-state index in [1.807, 2.05) is 25.1 Å². The van der Waals surface area contributed by atoms with E-state index in [1.165, 1.54) is 20.4 Å². The molecule has 0 spiro atoms. The van der Waals surface area contributed by atoms with Gasteiger partial charge in [0.15, 0.2) is 0 Å². The Hall–Kier alpha value is -2.23. The van der Waals surface area contributed by atoms with Crippen LogP contribution in [-0.2, 0) is 14.8 Å². The smallest absolute Gasteiger partial charge is 0.255 e. The third-order valence-corrected chi connectivity index (χ3v) is 6.83. The van der Waals surface area contributed by atoms with Crippen LogP contribution in [0.25, 0.3) is 0 Å². The van der Waals surface area contributed by atoms with Crippen molar-refractivity contribution in [2.45, 2.75) is 25.7 Å². The summed E-state index contributed by atoms with van der Waals surface area (Å²) >= 11 is 3.36. The topological polar surface area (TPSA) is 88.1 Å². The van der Waals surface area contributed by atoms with E-state index in [2.05, 4.69) is 26.5 Å². The van der Waals surface area contributed by atoms with Crippen molar-refractivity contribution in [2.24, 2.45) is 5.10 Å². The number of hydrogen-bond acceptors (Lipinski definition) is 5. The van der Waals surface area contributed by atoms with Crippen LogP contribution in [0.1, 0.15) is 22.3 Å². The van der Waals surface area contributed by atoms with E-state index in [0.717, 1.165) is 14.3 Å². The molecule has 0 atom stereocenters. The number of aryl methyl sites for hydroxylation is 3. The summed E-state index contributed by atoms with van der Waals surface area (Å²) in [4.78, 5) is 12.4. The number of likely N-dealkylation sites (N-methyl/N-ethyl adjacent to an activating group) is 1. The van der Waals surface area contributed by atoms with Crippen LogP contribution < -0.4 is 10.2 Å². The van der Waals surface area contributed by atoms with E-state index >= 15 is 0 Å². The Kier molecular flexibility index (Phi) is 7.56. The van der Waals surface area contributed by atoms with Gasteiger partial charge in [0.05, 0.1) is 24.8 Å². The number of nitrogens with one attached hydrogen (secondary N) is 1. The Morgan fingerprint density at radius 1 is 1.21 bits per heavy atom. The van der Waals surface area contributed by atoms with E-state index in [-0.39, 0.29) is 11.4 Å². The van der Waals surface area contributed by atoms with Gasteiger partial charge < -0.3 is 4.74 Å². The summed E-state index contributed by atoms with van der Waals surface area (Å²) in [5.41, 5.74) is 5.29. The highest BCUT2D eigenvalue weighted by Crippen LogP contribution is 2.24. The van der Waals surface area contributed by atoms with Crippen molar-refractivity contribution in [1.29, 1.82) is 0 Å². The second-order valence-corrected chi connectivity index (χ2v) is 9.57. The van der Waals surface area contributed by atoms with Gasteiger partial charge in [0.2, 0.25) is 10.0 Å². The van der Waals surface area contributed by atoms with Gasteiger partial charge in [-0.1, -0.05) is 33.6 Å². The van der Waals surface area contributed by atoms with E-state index in [0.29, 0.717) is 22.4 Å². The second kappa shape index (κ2) is 9.51. The first kappa shape index (κ1) is 23.1. The van der Waals surface area contributed by atoms with E-state index in [1.54, 1.807) is 26.0 Å². The zero-order valence-corrected chi connectivity index (χ0v) is 19.4. The Morgan fingerprint density at radius 3 is 2.41 bits per heavy atom. The number of methoxy groups -OCH3 is 1. The summed E-state index contributed by atoms with van der Waals surface area (Å²) < 4.78 is 32.9. The Morgan fingerprint density at radius 2 is 1.83 bits per heavy atom. The number of halogens is 1. The molecule has 0 aliphatic rings. The number of carbonyl (C=O) groups excluding carboxylic acids is 1. The minimum Gasteiger partial charge on any atom is -0.496 e. The van der Waals surface area contributed by atoms with Gasteiger partial charge in [-0.05, 0) is 50.1 Å². The molecule has 2 rings (SSSR count). The van der Waals surface area contributed by atoms with Crippen LogP contribution in [0.15, 0.2) is 44.8 Å². The zero-order chi connectivity index (χ0) is 21.8. The standard InChI is InChI=1S/C20H24BrN3O4S/c1-13-8-14(2)20(15(3)9-13)29(26,27)24(4)12-19(25)23-22-11-16-10-17(21)6-7-18(16)28-5/h6-11H,12H2,1-5H3,(H,23,25)/b22-11-. The van der Waals surface area contributed by atoms with E-state index in [4.69, 9.17) is 4.74 Å². The molecule has 0 unspecified atom stereocenters. The third kappa shape index (κ3) is 5.65. The molecule has 0 aromatic heterocycles. The molecule has 0 aliphatic heterocycles. The summed E-state index contributed by atoms with van der Waals surface area (Å²) in [6.07, 6.45) is 1.43. The van der Waals surface area contributed by atoms with Gasteiger partial charge in [-0.2, -0.15) is 9.41 Å². The van der Waals surface area contributed by atoms with Crippen LogP contribution in [0.5, 0.6) is 5.75 Å². The normalized spacial score (nSPS) is 11.8. The van der Waals surface area contributed by atoms with Gasteiger partial charge in [0.1, 0.15) is 5.75 Å². The molecule has 0 heterocycles. The highest BCUT2D eigenvalue weighted by atomic mass is 79.9. The summed E-state index contributed by atoms with van der Waals surface area (Å²) in [7, 11) is -0.906. The molecule has 0 fully saturated rings. The molecule has 0 saturated carbocycles. The van der Waals surface area contributed by atoms with E-state index in [9.17, 15) is 13.2 Å². The number of hydrogen-bond donors (Lipinski definition) is 1. The molecular formula is C20H24BrN3O4S. The molecule has 0 radical (unpaired) electrons. The predicted octanol–water partition coefficient (Wildman–Crippen LogP) is 3.15. The van der Waals surface area contributed by atoms with Crippen molar-refractivity contribution < 1.29 is 17.9 Å². The summed E-state index contributed by atoms with van der Waals surface area (Å²) in [6, 6.07) is 8.99. The molecule has 1 N–H and O–H groups in total. The molecule has 156 valence electrons. The van der Waals surface area contributed by atoms with Crippen molar-refractivity contribution in [2.75, 3.05) is 20.7 Å². The molecule has 29 heavy (non-hydrogen) atoms. The SMILES string of the molecule is COc1ccc(Br)cc1/C=N\NC(=O)CN(C)S(=O)(=O)c1c(C)cc(C)cc1C. The van der Waals surface area contributed by atoms with Crippen molar-refractivity contribution in [3.8, 4) is 5.75 Å². The first-order valence-corrected chi connectivity index (χ1v) is 11.0. The Labute approximate surface area is 179 Å². The fourth-order valence-electron chi connectivity index (χ4n) is 3.03. The van der Waals surface area contributed by atoms with Crippen LogP contribution in [0, 0.1) is 20.8 Å². The first-order chi connectivity index (χ1) is 13.6. The molecule has 9 heteroatoms. The van der Waals surface area contributed by atoms with Crippen LogP contribution >= 0.6 is 15.9 Å². The largest absolute Gasteiger partial charge is 0.496 e. The average Bonchev–Trinajstić information content (AvgIpc) is 2.60. The highest BCUT2D eigenvalue weighted by Gasteiger charge is 2.26. The zero-order valence-electron chi connectivity index (χ0n) is 17.0. The van der Waals surface area contributed by atoms with Crippen molar-refractivity contribution in [3.63, 3.8) is 0 Å². The molecule has 7 nitrogen and oxygen atoms in total. The number of carbonyl (C=O) groups is 1. The maximum atomic E-state index is 12.9. The van der Waals surface area contributed by atoms with Gasteiger partial charge in [0.25, 0.3) is 5.91 Å². The summed E-state index contributed by atoms with van der Waals surface area (Å²) in [5, 5.41) is 3.90. The molecule has 0 bridgehead atoms. The van der Waals surface area contributed by atoms with Crippen LogP contribution in [0.4, 0.5) is 0 Å². The Balaban J connectivity index is 2.10. The lowest BCUT2D eigenvalue weighted by Gasteiger charge is -2.19. The maximum absolute atomic E-state index is 12.9. The van der Waals surface area contributed by atoms with Crippen LogP contribution in [-0.4, -0.2) is 45.5 Å². The van der Waals surface area contributed by atoms with Crippen molar-refractivity contribution >= 4 is 38.1 Å². The molecule has 0 saturated heterocycles. The van der Waals surface area contributed by atoms with Gasteiger partial charge >= 0.3 is 0 Å². The van der Waals surface area contributed by atoms with E-state index < -0.39 is 15.9 Å². The number of amides is 1. The highest BCUT2D eigenvalue weighted by molar-refractivity contribution is 9.10. The molecular weight excluding hydrogens is 458 g/mol.